The Hall–Kier alpha value is -2.57. The van der Waals surface area contributed by atoms with Crippen molar-refractivity contribution in [2.24, 2.45) is 0 Å². The van der Waals surface area contributed by atoms with Gasteiger partial charge in [0.1, 0.15) is 5.69 Å². The lowest BCUT2D eigenvalue weighted by molar-refractivity contribution is -0.122. The van der Waals surface area contributed by atoms with E-state index in [4.69, 9.17) is 16.3 Å². The number of H-pyrrole nitrogens is 1. The van der Waals surface area contributed by atoms with Crippen LogP contribution in [0.3, 0.4) is 0 Å². The fourth-order valence-electron chi connectivity index (χ4n) is 2.89. The molecule has 0 atom stereocenters. The summed E-state index contributed by atoms with van der Waals surface area (Å²) < 4.78 is 5.28. The number of carbonyl (C=O) groups excluding carboxylic acids is 2. The van der Waals surface area contributed by atoms with Crippen LogP contribution in [-0.2, 0) is 9.53 Å². The fourth-order valence-corrected chi connectivity index (χ4v) is 3.08. The van der Waals surface area contributed by atoms with Gasteiger partial charge in [-0.15, -0.1) is 0 Å². The summed E-state index contributed by atoms with van der Waals surface area (Å²) in [5.74, 6) is -0.208. The Bertz CT molecular complexity index is 867. The van der Waals surface area contributed by atoms with E-state index in [9.17, 15) is 9.59 Å². The monoisotopic (exact) mass is 387 g/mol. The first-order valence-corrected chi connectivity index (χ1v) is 9.08. The molecule has 0 saturated carbocycles. The number of carbonyl (C=O) groups is 2. The molecular weight excluding hydrogens is 366 g/mol. The molecule has 1 saturated heterocycles. The van der Waals surface area contributed by atoms with Gasteiger partial charge in [-0.1, -0.05) is 23.7 Å². The van der Waals surface area contributed by atoms with Crippen LogP contribution in [0, 0.1) is 0 Å². The predicted octanol–water partition coefficient (Wildman–Crippen LogP) is 2.77. The Morgan fingerprint density at radius 1 is 1.22 bits per heavy atom. The zero-order chi connectivity index (χ0) is 19.4. The molecule has 1 aliphatic rings. The largest absolute Gasteiger partial charge is 0.378 e. The Morgan fingerprint density at radius 3 is 2.63 bits per heavy atom. The third-order valence-electron chi connectivity index (χ3n) is 4.32. The van der Waals surface area contributed by atoms with Gasteiger partial charge < -0.3 is 19.5 Å². The molecule has 27 heavy (non-hydrogen) atoms. The van der Waals surface area contributed by atoms with Crippen molar-refractivity contribution in [1.29, 1.82) is 0 Å². The number of likely N-dealkylation sites (N-methyl/N-ethyl adjacent to an activating group) is 1. The number of hydrogen-bond donors (Lipinski definition) is 1. The molecule has 1 aromatic carbocycles. The van der Waals surface area contributed by atoms with Gasteiger partial charge in [-0.2, -0.15) is 0 Å². The number of rotatable bonds is 4. The summed E-state index contributed by atoms with van der Waals surface area (Å²) in [6, 6.07) is 8.91. The molecule has 2 heterocycles. The van der Waals surface area contributed by atoms with Crippen LogP contribution in [-0.4, -0.2) is 67.0 Å². The first kappa shape index (κ1) is 19.2. The van der Waals surface area contributed by atoms with Crippen molar-refractivity contribution in [3.63, 3.8) is 0 Å². The number of ether oxygens (including phenoxy) is 1. The number of halogens is 1. The van der Waals surface area contributed by atoms with Gasteiger partial charge in [-0.05, 0) is 35.4 Å². The minimum Gasteiger partial charge on any atom is -0.378 e. The van der Waals surface area contributed by atoms with Crippen molar-refractivity contribution in [2.75, 3.05) is 40.4 Å². The van der Waals surface area contributed by atoms with Gasteiger partial charge in [-0.3, -0.25) is 9.59 Å². The lowest BCUT2D eigenvalue weighted by Gasteiger charge is -2.26. The summed E-state index contributed by atoms with van der Waals surface area (Å²) in [7, 11) is 3.40. The molecule has 0 spiro atoms. The molecule has 2 amide bonds. The summed E-state index contributed by atoms with van der Waals surface area (Å²) in [6.45, 7) is 2.26. The van der Waals surface area contributed by atoms with Gasteiger partial charge in [0.25, 0.3) is 11.8 Å². The van der Waals surface area contributed by atoms with Crippen molar-refractivity contribution < 1.29 is 14.3 Å². The normalized spacial score (nSPS) is 14.9. The number of aromatic nitrogens is 1. The van der Waals surface area contributed by atoms with Gasteiger partial charge in [0, 0.05) is 44.0 Å². The SMILES string of the molecule is CN(C)C(=O)C(=Cc1c[nH]c(C(=O)N2CCOCC2)c1)c1cccc(Cl)c1. The van der Waals surface area contributed by atoms with Crippen LogP contribution >= 0.6 is 11.6 Å². The second-order valence-electron chi connectivity index (χ2n) is 6.52. The molecule has 2 aromatic rings. The molecule has 0 radical (unpaired) electrons. The van der Waals surface area contributed by atoms with E-state index >= 15 is 0 Å². The van der Waals surface area contributed by atoms with Crippen molar-refractivity contribution in [2.45, 2.75) is 0 Å². The lowest BCUT2D eigenvalue weighted by Crippen LogP contribution is -2.40. The van der Waals surface area contributed by atoms with E-state index in [0.29, 0.717) is 42.6 Å². The number of aromatic amines is 1. The highest BCUT2D eigenvalue weighted by atomic mass is 35.5. The molecule has 142 valence electrons. The third kappa shape index (κ3) is 4.59. The first-order valence-electron chi connectivity index (χ1n) is 8.70. The minimum absolute atomic E-state index is 0.0683. The topological polar surface area (TPSA) is 65.6 Å². The van der Waals surface area contributed by atoms with Crippen molar-refractivity contribution >= 4 is 35.1 Å². The highest BCUT2D eigenvalue weighted by Gasteiger charge is 2.20. The van der Waals surface area contributed by atoms with Gasteiger partial charge in [-0.25, -0.2) is 0 Å². The zero-order valence-corrected chi connectivity index (χ0v) is 16.1. The predicted molar refractivity (Wildman–Crippen MR) is 106 cm³/mol. The van der Waals surface area contributed by atoms with Crippen LogP contribution in [0.25, 0.3) is 11.6 Å². The zero-order valence-electron chi connectivity index (χ0n) is 15.4. The summed E-state index contributed by atoms with van der Waals surface area (Å²) in [4.78, 5) is 31.5. The maximum Gasteiger partial charge on any atom is 0.270 e. The molecule has 0 unspecified atom stereocenters. The molecule has 3 rings (SSSR count). The molecule has 1 aliphatic heterocycles. The number of morpholine rings is 1. The molecule has 0 bridgehead atoms. The standard InChI is InChI=1S/C20H22ClN3O3/c1-23(2)19(25)17(15-4-3-5-16(21)12-15)10-14-11-18(22-13-14)20(26)24-6-8-27-9-7-24/h3-5,10-13,22H,6-9H2,1-2H3. The van der Waals surface area contributed by atoms with Crippen LogP contribution in [0.4, 0.5) is 0 Å². The molecule has 0 aliphatic carbocycles. The van der Waals surface area contributed by atoms with E-state index in [1.807, 2.05) is 6.07 Å². The van der Waals surface area contributed by atoms with Crippen molar-refractivity contribution in [3.8, 4) is 0 Å². The average molecular weight is 388 g/mol. The van der Waals surface area contributed by atoms with E-state index < -0.39 is 0 Å². The van der Waals surface area contributed by atoms with E-state index in [1.165, 1.54) is 4.90 Å². The van der Waals surface area contributed by atoms with Crippen LogP contribution in [0.2, 0.25) is 5.02 Å². The van der Waals surface area contributed by atoms with Gasteiger partial charge in [0.15, 0.2) is 0 Å². The quantitative estimate of drug-likeness (QED) is 0.820. The third-order valence-corrected chi connectivity index (χ3v) is 4.55. The Balaban J connectivity index is 1.90. The fraction of sp³-hybridized carbons (Fsp3) is 0.300. The summed E-state index contributed by atoms with van der Waals surface area (Å²) >= 11 is 6.09. The van der Waals surface area contributed by atoms with E-state index in [2.05, 4.69) is 4.98 Å². The van der Waals surface area contributed by atoms with Gasteiger partial charge >= 0.3 is 0 Å². The van der Waals surface area contributed by atoms with Gasteiger partial charge in [0.2, 0.25) is 0 Å². The lowest BCUT2D eigenvalue weighted by atomic mass is 10.0. The molecule has 1 N–H and O–H groups in total. The first-order chi connectivity index (χ1) is 13.0. The van der Waals surface area contributed by atoms with E-state index in [1.54, 1.807) is 55.5 Å². The van der Waals surface area contributed by atoms with E-state index in [-0.39, 0.29) is 11.8 Å². The number of benzene rings is 1. The minimum atomic E-state index is -0.139. The summed E-state index contributed by atoms with van der Waals surface area (Å²) in [5, 5.41) is 0.558. The van der Waals surface area contributed by atoms with E-state index in [0.717, 1.165) is 11.1 Å². The van der Waals surface area contributed by atoms with Crippen molar-refractivity contribution in [1.82, 2.24) is 14.8 Å². The molecular formula is C20H22ClN3O3. The highest BCUT2D eigenvalue weighted by Crippen LogP contribution is 2.23. The second kappa shape index (κ2) is 8.41. The van der Waals surface area contributed by atoms with Crippen LogP contribution < -0.4 is 0 Å². The maximum atomic E-state index is 12.7. The molecule has 6 nitrogen and oxygen atoms in total. The van der Waals surface area contributed by atoms with Gasteiger partial charge in [0.05, 0.1) is 13.2 Å². The van der Waals surface area contributed by atoms with Crippen LogP contribution in [0.5, 0.6) is 0 Å². The highest BCUT2D eigenvalue weighted by molar-refractivity contribution is 6.31. The molecule has 7 heteroatoms. The smallest absolute Gasteiger partial charge is 0.270 e. The number of nitrogens with zero attached hydrogens (tertiary/aromatic N) is 2. The molecule has 1 aromatic heterocycles. The Kier molecular flexibility index (Phi) is 5.98. The average Bonchev–Trinajstić information content (AvgIpc) is 3.14. The summed E-state index contributed by atoms with van der Waals surface area (Å²) in [5.41, 5.74) is 2.47. The maximum absolute atomic E-state index is 12.7. The van der Waals surface area contributed by atoms with Crippen LogP contribution in [0.15, 0.2) is 36.5 Å². The second-order valence-corrected chi connectivity index (χ2v) is 6.96. The van der Waals surface area contributed by atoms with Crippen molar-refractivity contribution in [3.05, 3.63) is 58.4 Å². The Labute approximate surface area is 163 Å². The molecule has 1 fully saturated rings. The number of nitrogens with one attached hydrogen (secondary N) is 1. The van der Waals surface area contributed by atoms with Crippen LogP contribution in [0.1, 0.15) is 21.6 Å². The summed E-state index contributed by atoms with van der Waals surface area (Å²) in [6.07, 6.45) is 3.49. The number of amides is 2. The Morgan fingerprint density at radius 2 is 1.96 bits per heavy atom. The number of hydrogen-bond acceptors (Lipinski definition) is 3.